The molecule has 16 heteroatoms. The molecule has 0 fully saturated rings. The Morgan fingerprint density at radius 3 is 1.03 bits per heavy atom. The smallest absolute Gasteiger partial charge is 0.298 e. The van der Waals surface area contributed by atoms with E-state index < -0.39 is 33.5 Å². The summed E-state index contributed by atoms with van der Waals surface area (Å²) in [5.41, 5.74) is 2.81. The van der Waals surface area contributed by atoms with E-state index in [9.17, 15) is 19.2 Å². The molecular weight excluding hydrogens is 844 g/mol. The van der Waals surface area contributed by atoms with Gasteiger partial charge >= 0.3 is 0 Å². The molecule has 6 aromatic rings. The molecule has 12 nitrogen and oxygen atoms in total. The van der Waals surface area contributed by atoms with E-state index in [1.54, 1.807) is 133 Å². The van der Waals surface area contributed by atoms with Crippen LogP contribution in [-0.2, 0) is 0 Å². The second-order valence-corrected chi connectivity index (χ2v) is 19.1. The van der Waals surface area contributed by atoms with Crippen LogP contribution in [-0.4, -0.2) is 47.8 Å². The Bertz CT molecular complexity index is 2550. The molecule has 4 unspecified atom stereocenters. The molecule has 0 saturated heterocycles. The van der Waals surface area contributed by atoms with Crippen molar-refractivity contribution in [1.29, 1.82) is 0 Å². The van der Waals surface area contributed by atoms with Crippen LogP contribution in [0, 0.1) is 0 Å². The molecule has 10 rings (SSSR count). The number of ketones is 4. The molecule has 0 N–H and O–H groups in total. The van der Waals surface area contributed by atoms with Crippen molar-refractivity contribution in [2.24, 2.45) is 0 Å². The predicted octanol–water partition coefficient (Wildman–Crippen LogP) is 11.2. The second kappa shape index (κ2) is 16.3. The van der Waals surface area contributed by atoms with Gasteiger partial charge in [-0.3, -0.25) is 19.2 Å². The summed E-state index contributed by atoms with van der Waals surface area (Å²) in [7, 11) is -7.20. The molecule has 4 atom stereocenters. The van der Waals surface area contributed by atoms with Gasteiger partial charge in [0.2, 0.25) is 0 Å². The number of para-hydroxylation sites is 4. The molecule has 6 aromatic carbocycles. The van der Waals surface area contributed by atoms with Gasteiger partial charge in [0.1, 0.15) is 70.6 Å². The minimum Gasteiger partial charge on any atom is -0.438 e. The number of hydrogen-bond donors (Lipinski definition) is 0. The van der Waals surface area contributed by atoms with Crippen molar-refractivity contribution in [3.8, 4) is 57.1 Å². The summed E-state index contributed by atoms with van der Waals surface area (Å²) in [5, 5.41) is 0. The lowest BCUT2D eigenvalue weighted by atomic mass is 10.0. The Morgan fingerprint density at radius 2 is 0.683 bits per heavy atom. The summed E-state index contributed by atoms with van der Waals surface area (Å²) in [6.07, 6.45) is 0.0277. The number of Topliss-reactive ketones (excluding diaryl/α,β-unsaturated/α-hetero) is 4. The maximum absolute atomic E-state index is 13.3. The summed E-state index contributed by atoms with van der Waals surface area (Å²) in [4.78, 5) is 52.9. The fourth-order valence-corrected chi connectivity index (χ4v) is 12.1. The van der Waals surface area contributed by atoms with E-state index in [1.165, 1.54) is 0 Å². The lowest BCUT2D eigenvalue weighted by Crippen LogP contribution is -2.17. The van der Waals surface area contributed by atoms with Gasteiger partial charge in [-0.2, -0.15) is 0 Å². The average Bonchev–Trinajstić information content (AvgIpc) is 3.24. The standard InChI is InChI=1S/C44H30O12P4/c45-34-23-57(51-38-14-5-1-10-30(34)38)49-28-20-27(21-29(22-28)50-58-24-35(46)31-11-2-6-15-39(31)52-58)44-42(55-59-25-36(47)32-12-3-7-16-40(32)53-59)18-9-19-43(44)56-60-26-37(48)33-13-4-8-17-41(33)54-60/h1-22H,23-26H2. The minimum absolute atomic E-state index is 0.00373. The fraction of sp³-hybridized carbons (Fsp3) is 0.0909. The zero-order valence-corrected chi connectivity index (χ0v) is 34.8. The van der Waals surface area contributed by atoms with Gasteiger partial charge in [-0.05, 0) is 78.4 Å². The lowest BCUT2D eigenvalue weighted by Gasteiger charge is -2.28. The Hall–Kier alpha value is -5.88. The highest BCUT2D eigenvalue weighted by molar-refractivity contribution is 7.50. The average molecular weight is 875 g/mol. The molecule has 60 heavy (non-hydrogen) atoms. The maximum atomic E-state index is 13.3. The third kappa shape index (κ3) is 7.80. The van der Waals surface area contributed by atoms with E-state index in [4.69, 9.17) is 36.2 Å². The van der Waals surface area contributed by atoms with Crippen molar-refractivity contribution in [3.05, 3.63) is 156 Å². The van der Waals surface area contributed by atoms with Gasteiger partial charge in [0.15, 0.2) is 23.1 Å². The molecule has 0 spiro atoms. The zero-order valence-electron chi connectivity index (χ0n) is 31.2. The Kier molecular flexibility index (Phi) is 10.4. The molecule has 4 heterocycles. The third-order valence-corrected chi connectivity index (χ3v) is 15.0. The monoisotopic (exact) mass is 874 g/mol. The predicted molar refractivity (Wildman–Crippen MR) is 227 cm³/mol. The van der Waals surface area contributed by atoms with Gasteiger partial charge in [-0.25, -0.2) is 0 Å². The second-order valence-electron chi connectivity index (χ2n) is 13.7. The third-order valence-electron chi connectivity index (χ3n) is 9.61. The summed E-state index contributed by atoms with van der Waals surface area (Å²) in [6, 6.07) is 38.4. The van der Waals surface area contributed by atoms with Crippen LogP contribution >= 0.6 is 33.5 Å². The highest BCUT2D eigenvalue weighted by atomic mass is 31.2. The molecule has 4 aliphatic rings. The van der Waals surface area contributed by atoms with Gasteiger partial charge in [-0.1, -0.05) is 54.6 Å². The Balaban J connectivity index is 1.05. The van der Waals surface area contributed by atoms with E-state index in [2.05, 4.69) is 0 Å². The number of fused-ring (bicyclic) bond motifs is 4. The zero-order chi connectivity index (χ0) is 40.7. The summed E-state index contributed by atoms with van der Waals surface area (Å²) in [5.74, 6) is 2.43. The van der Waals surface area contributed by atoms with Crippen LogP contribution in [0.15, 0.2) is 133 Å². The quantitative estimate of drug-likeness (QED) is 0.128. The van der Waals surface area contributed by atoms with E-state index >= 15 is 0 Å². The SMILES string of the molecule is O=C1CP(Oc2cc(OP3CC(=O)c4ccccc4O3)cc(-c3c(OP4CC(=O)c5ccccc5O4)cccc3OP3CC(=O)c4ccccc4O3)c2)Oc2ccccc21. The highest BCUT2D eigenvalue weighted by Crippen LogP contribution is 2.56. The van der Waals surface area contributed by atoms with Crippen LogP contribution < -0.4 is 36.2 Å². The minimum atomic E-state index is -1.81. The Morgan fingerprint density at radius 1 is 0.367 bits per heavy atom. The van der Waals surface area contributed by atoms with E-state index in [-0.39, 0.29) is 59.3 Å². The van der Waals surface area contributed by atoms with E-state index in [0.717, 1.165) is 0 Å². The van der Waals surface area contributed by atoms with Crippen LogP contribution in [0.3, 0.4) is 0 Å². The molecule has 0 radical (unpaired) electrons. The first-order chi connectivity index (χ1) is 29.3. The molecule has 298 valence electrons. The largest absolute Gasteiger partial charge is 0.438 e. The van der Waals surface area contributed by atoms with Crippen LogP contribution in [0.5, 0.6) is 46.0 Å². The first kappa shape index (κ1) is 38.3. The van der Waals surface area contributed by atoms with Crippen LogP contribution in [0.1, 0.15) is 41.4 Å². The van der Waals surface area contributed by atoms with Gasteiger partial charge in [0.05, 0.1) is 27.8 Å². The molecule has 0 bridgehead atoms. The summed E-state index contributed by atoms with van der Waals surface area (Å²) >= 11 is 0. The summed E-state index contributed by atoms with van der Waals surface area (Å²) < 4.78 is 51.0. The molecule has 0 aromatic heterocycles. The van der Waals surface area contributed by atoms with E-state index in [1.807, 2.05) is 0 Å². The van der Waals surface area contributed by atoms with Crippen LogP contribution in [0.4, 0.5) is 0 Å². The van der Waals surface area contributed by atoms with Crippen molar-refractivity contribution < 1.29 is 55.4 Å². The van der Waals surface area contributed by atoms with Crippen molar-refractivity contribution in [3.63, 3.8) is 0 Å². The molecular formula is C44H30O12P4. The molecule has 0 saturated carbocycles. The summed E-state index contributed by atoms with van der Waals surface area (Å²) in [6.45, 7) is 0. The topological polar surface area (TPSA) is 142 Å². The van der Waals surface area contributed by atoms with Crippen LogP contribution in [0.2, 0.25) is 0 Å². The first-order valence-electron chi connectivity index (χ1n) is 18.6. The van der Waals surface area contributed by atoms with Gasteiger partial charge in [0, 0.05) is 6.07 Å². The molecule has 4 aliphatic heterocycles. The lowest BCUT2D eigenvalue weighted by molar-refractivity contribution is 0.0998. The highest BCUT2D eigenvalue weighted by Gasteiger charge is 2.35. The van der Waals surface area contributed by atoms with E-state index in [0.29, 0.717) is 67.9 Å². The van der Waals surface area contributed by atoms with Crippen LogP contribution in [0.25, 0.3) is 11.1 Å². The first-order valence-corrected chi connectivity index (χ1v) is 24.1. The number of hydrogen-bond acceptors (Lipinski definition) is 12. The maximum Gasteiger partial charge on any atom is 0.298 e. The van der Waals surface area contributed by atoms with Gasteiger partial charge < -0.3 is 36.2 Å². The number of benzene rings is 6. The van der Waals surface area contributed by atoms with Gasteiger partial charge in [0.25, 0.3) is 33.5 Å². The number of rotatable bonds is 9. The van der Waals surface area contributed by atoms with Gasteiger partial charge in [-0.15, -0.1) is 0 Å². The van der Waals surface area contributed by atoms with Crippen molar-refractivity contribution in [2.45, 2.75) is 0 Å². The van der Waals surface area contributed by atoms with Crippen molar-refractivity contribution in [1.82, 2.24) is 0 Å². The normalized spacial score (nSPS) is 20.1. The molecule has 0 amide bonds. The number of carbonyl (C=O) groups is 4. The van der Waals surface area contributed by atoms with Crippen molar-refractivity contribution >= 4 is 56.6 Å². The Labute approximate surface area is 348 Å². The molecule has 0 aliphatic carbocycles. The fourth-order valence-electron chi connectivity index (χ4n) is 6.91. The number of carbonyl (C=O) groups excluding carboxylic acids is 4. The van der Waals surface area contributed by atoms with Crippen molar-refractivity contribution in [2.75, 3.05) is 24.6 Å².